The molecule has 0 aliphatic carbocycles. The van der Waals surface area contributed by atoms with Gasteiger partial charge in [-0.2, -0.15) is 16.7 Å². The molecule has 0 aliphatic heterocycles. The minimum absolute atomic E-state index is 0.639. The van der Waals surface area contributed by atoms with Gasteiger partial charge < -0.3 is 4.52 Å². The van der Waals surface area contributed by atoms with Gasteiger partial charge >= 0.3 is 0 Å². The smallest absolute Gasteiger partial charge is 0.226 e. The maximum Gasteiger partial charge on any atom is 0.226 e. The average molecular weight is 249 g/mol. The molecule has 0 saturated heterocycles. The first kappa shape index (κ1) is 12.8. The molecule has 3 nitrogen and oxygen atoms in total. The van der Waals surface area contributed by atoms with E-state index in [1.54, 1.807) is 0 Å². The topological polar surface area (TPSA) is 38.9 Å². The second-order valence-corrected chi connectivity index (χ2v) is 5.21. The van der Waals surface area contributed by atoms with Crippen molar-refractivity contribution in [3.63, 3.8) is 0 Å². The highest BCUT2D eigenvalue weighted by Crippen LogP contribution is 2.13. The van der Waals surface area contributed by atoms with Crippen molar-refractivity contribution >= 4 is 23.4 Å². The first-order chi connectivity index (χ1) is 7.22. The normalized spacial score (nSPS) is 11.2. The number of aromatic nitrogens is 2. The Hall–Kier alpha value is -0.220. The SMILES string of the molecule is CC(C)CSCc1noc(CCCCl)n1. The van der Waals surface area contributed by atoms with Gasteiger partial charge in [0.1, 0.15) is 0 Å². The molecule has 5 heteroatoms. The molecule has 1 rings (SSSR count). The molecule has 0 aromatic carbocycles. The minimum Gasteiger partial charge on any atom is -0.339 e. The number of nitrogens with zero attached hydrogens (tertiary/aromatic N) is 2. The zero-order chi connectivity index (χ0) is 11.1. The van der Waals surface area contributed by atoms with Crippen LogP contribution in [0.4, 0.5) is 0 Å². The second kappa shape index (κ2) is 7.12. The fourth-order valence-corrected chi connectivity index (χ4v) is 2.08. The van der Waals surface area contributed by atoms with Crippen LogP contribution in [-0.2, 0) is 12.2 Å². The number of aryl methyl sites for hydroxylation is 1. The van der Waals surface area contributed by atoms with Crippen LogP contribution >= 0.6 is 23.4 Å². The lowest BCUT2D eigenvalue weighted by atomic mass is 10.3. The van der Waals surface area contributed by atoms with E-state index >= 15 is 0 Å². The van der Waals surface area contributed by atoms with E-state index in [9.17, 15) is 0 Å². The van der Waals surface area contributed by atoms with Crippen LogP contribution in [0.3, 0.4) is 0 Å². The third-order valence-corrected chi connectivity index (χ3v) is 3.35. The minimum atomic E-state index is 0.639. The van der Waals surface area contributed by atoms with Crippen molar-refractivity contribution in [1.29, 1.82) is 0 Å². The summed E-state index contributed by atoms with van der Waals surface area (Å²) < 4.78 is 5.09. The first-order valence-electron chi connectivity index (χ1n) is 5.17. The third-order valence-electron chi connectivity index (χ3n) is 1.72. The molecule has 1 heterocycles. The van der Waals surface area contributed by atoms with E-state index in [0.29, 0.717) is 17.7 Å². The van der Waals surface area contributed by atoms with Crippen molar-refractivity contribution < 1.29 is 4.52 Å². The Bertz CT molecular complexity index is 278. The van der Waals surface area contributed by atoms with Crippen LogP contribution in [0.2, 0.25) is 0 Å². The molecule has 0 spiro atoms. The van der Waals surface area contributed by atoms with Crippen molar-refractivity contribution in [3.8, 4) is 0 Å². The molecule has 0 saturated carbocycles. The lowest BCUT2D eigenvalue weighted by Crippen LogP contribution is -1.93. The van der Waals surface area contributed by atoms with E-state index in [4.69, 9.17) is 16.1 Å². The Kier molecular flexibility index (Phi) is 6.10. The Morgan fingerprint density at radius 2 is 2.27 bits per heavy atom. The standard InChI is InChI=1S/C10H17ClN2OS/c1-8(2)6-15-7-9-12-10(14-13-9)4-3-5-11/h8H,3-7H2,1-2H3. The zero-order valence-corrected chi connectivity index (χ0v) is 10.8. The molecule has 0 radical (unpaired) electrons. The fraction of sp³-hybridized carbons (Fsp3) is 0.800. The first-order valence-corrected chi connectivity index (χ1v) is 6.86. The summed E-state index contributed by atoms with van der Waals surface area (Å²) in [6.45, 7) is 4.41. The van der Waals surface area contributed by atoms with E-state index < -0.39 is 0 Å². The summed E-state index contributed by atoms with van der Waals surface area (Å²) in [5.74, 6) is 4.81. The summed E-state index contributed by atoms with van der Waals surface area (Å²) in [6, 6.07) is 0. The molecule has 0 fully saturated rings. The van der Waals surface area contributed by atoms with Crippen LogP contribution in [0.5, 0.6) is 0 Å². The predicted octanol–water partition coefficient (Wildman–Crippen LogP) is 3.13. The summed E-state index contributed by atoms with van der Waals surface area (Å²) in [6.07, 6.45) is 1.67. The van der Waals surface area contributed by atoms with Crippen LogP contribution in [0.1, 0.15) is 32.0 Å². The quantitative estimate of drug-likeness (QED) is 0.695. The van der Waals surface area contributed by atoms with Gasteiger partial charge in [0, 0.05) is 12.3 Å². The van der Waals surface area contributed by atoms with Gasteiger partial charge in [-0.25, -0.2) is 0 Å². The summed E-state index contributed by atoms with van der Waals surface area (Å²) in [5, 5.41) is 3.92. The summed E-state index contributed by atoms with van der Waals surface area (Å²) in [4.78, 5) is 4.29. The van der Waals surface area contributed by atoms with Crippen molar-refractivity contribution in [3.05, 3.63) is 11.7 Å². The molecule has 0 bridgehead atoms. The number of thioether (sulfide) groups is 1. The van der Waals surface area contributed by atoms with Gasteiger partial charge in [0.15, 0.2) is 5.82 Å². The molecule has 1 aromatic rings. The predicted molar refractivity (Wildman–Crippen MR) is 64.3 cm³/mol. The lowest BCUT2D eigenvalue weighted by Gasteiger charge is -2.00. The highest BCUT2D eigenvalue weighted by molar-refractivity contribution is 7.98. The molecule has 0 atom stereocenters. The number of halogens is 1. The van der Waals surface area contributed by atoms with Crippen LogP contribution in [0.15, 0.2) is 4.52 Å². The van der Waals surface area contributed by atoms with Crippen LogP contribution < -0.4 is 0 Å². The van der Waals surface area contributed by atoms with Gasteiger partial charge in [-0.05, 0) is 18.1 Å². The Morgan fingerprint density at radius 3 is 2.93 bits per heavy atom. The molecule has 0 unspecified atom stereocenters. The van der Waals surface area contributed by atoms with Gasteiger partial charge in [0.25, 0.3) is 0 Å². The number of alkyl halides is 1. The molecule has 1 aromatic heterocycles. The van der Waals surface area contributed by atoms with Crippen molar-refractivity contribution in [2.24, 2.45) is 5.92 Å². The number of hydrogen-bond donors (Lipinski definition) is 0. The van der Waals surface area contributed by atoms with Crippen molar-refractivity contribution in [2.75, 3.05) is 11.6 Å². The van der Waals surface area contributed by atoms with Gasteiger partial charge in [0.05, 0.1) is 5.75 Å². The van der Waals surface area contributed by atoms with E-state index in [1.807, 2.05) is 11.8 Å². The summed E-state index contributed by atoms with van der Waals surface area (Å²) >= 11 is 7.42. The second-order valence-electron chi connectivity index (χ2n) is 3.81. The summed E-state index contributed by atoms with van der Waals surface area (Å²) in [5.41, 5.74) is 0. The van der Waals surface area contributed by atoms with Gasteiger partial charge in [-0.3, -0.25) is 0 Å². The molecular formula is C10H17ClN2OS. The maximum atomic E-state index is 5.58. The summed E-state index contributed by atoms with van der Waals surface area (Å²) in [7, 11) is 0. The van der Waals surface area contributed by atoms with E-state index in [-0.39, 0.29) is 0 Å². The van der Waals surface area contributed by atoms with E-state index in [1.165, 1.54) is 0 Å². The highest BCUT2D eigenvalue weighted by Gasteiger charge is 2.06. The Balaban J connectivity index is 2.26. The number of rotatable bonds is 7. The largest absolute Gasteiger partial charge is 0.339 e. The zero-order valence-electron chi connectivity index (χ0n) is 9.20. The molecular weight excluding hydrogens is 232 g/mol. The van der Waals surface area contributed by atoms with Crippen LogP contribution in [0.25, 0.3) is 0 Å². The molecule has 15 heavy (non-hydrogen) atoms. The van der Waals surface area contributed by atoms with Gasteiger partial charge in [-0.1, -0.05) is 19.0 Å². The average Bonchev–Trinajstić information content (AvgIpc) is 2.62. The van der Waals surface area contributed by atoms with Crippen LogP contribution in [0, 0.1) is 5.92 Å². The lowest BCUT2D eigenvalue weighted by molar-refractivity contribution is 0.373. The van der Waals surface area contributed by atoms with Gasteiger partial charge in [-0.15, -0.1) is 11.6 Å². The third kappa shape index (κ3) is 5.42. The van der Waals surface area contributed by atoms with Gasteiger partial charge in [0.2, 0.25) is 5.89 Å². The maximum absolute atomic E-state index is 5.58. The number of hydrogen-bond acceptors (Lipinski definition) is 4. The molecule has 0 aliphatic rings. The van der Waals surface area contributed by atoms with E-state index in [0.717, 1.165) is 30.2 Å². The fourth-order valence-electron chi connectivity index (χ4n) is 1.05. The Labute approximate surface area is 100.0 Å². The van der Waals surface area contributed by atoms with Crippen LogP contribution in [-0.4, -0.2) is 21.8 Å². The molecule has 86 valence electrons. The molecule has 0 amide bonds. The van der Waals surface area contributed by atoms with E-state index in [2.05, 4.69) is 24.0 Å². The monoisotopic (exact) mass is 248 g/mol. The Morgan fingerprint density at radius 1 is 1.47 bits per heavy atom. The van der Waals surface area contributed by atoms with Crippen molar-refractivity contribution in [2.45, 2.75) is 32.4 Å². The molecule has 0 N–H and O–H groups in total. The van der Waals surface area contributed by atoms with Crippen molar-refractivity contribution in [1.82, 2.24) is 10.1 Å². The highest BCUT2D eigenvalue weighted by atomic mass is 35.5.